The average molecular weight is 400 g/mol. The van der Waals surface area contributed by atoms with Crippen LogP contribution in [0.5, 0.6) is 0 Å². The first-order valence-electron chi connectivity index (χ1n) is 7.78. The van der Waals surface area contributed by atoms with E-state index in [2.05, 4.69) is 15.5 Å². The van der Waals surface area contributed by atoms with Crippen LogP contribution >= 0.6 is 12.4 Å². The third kappa shape index (κ3) is 4.65. The van der Waals surface area contributed by atoms with Crippen LogP contribution in [0.1, 0.15) is 11.1 Å². The van der Waals surface area contributed by atoms with Crippen LogP contribution in [0.15, 0.2) is 78.2 Å². The fourth-order valence-electron chi connectivity index (χ4n) is 2.40. The normalized spacial score (nSPS) is 10.6. The average Bonchev–Trinajstić information content (AvgIpc) is 2.69. The smallest absolute Gasteiger partial charge is 0.271 e. The maximum atomic E-state index is 11.3. The molecule has 0 saturated carbocycles. The van der Waals surface area contributed by atoms with E-state index >= 15 is 0 Å². The van der Waals surface area contributed by atoms with Gasteiger partial charge >= 0.3 is 5.69 Å². The van der Waals surface area contributed by atoms with Crippen LogP contribution < -0.4 is 5.43 Å². The lowest BCUT2D eigenvalue weighted by Gasteiger charge is -2.08. The molecule has 1 N–H and O–H groups in total. The van der Waals surface area contributed by atoms with E-state index in [0.717, 1.165) is 17.2 Å². The number of aromatic nitrogens is 1. The monoisotopic (exact) mass is 399 g/mol. The zero-order valence-corrected chi connectivity index (χ0v) is 15.1. The lowest BCUT2D eigenvalue weighted by atomic mass is 10.0. The second-order valence-electron chi connectivity index (χ2n) is 5.39. The number of pyridine rings is 1. The number of nitro benzene ring substituents is 2. The summed E-state index contributed by atoms with van der Waals surface area (Å²) in [5.74, 6) is 0. The first kappa shape index (κ1) is 20.5. The minimum atomic E-state index is -0.695. The minimum absolute atomic E-state index is 0. The SMILES string of the molecule is Cl.O=[N+]([O-])c1ccc(NN=C(c2ccccc2)c2ccncc2)c([N+](=O)[O-])c1. The lowest BCUT2D eigenvalue weighted by Crippen LogP contribution is -2.07. The fraction of sp³-hybridized carbons (Fsp3) is 0. The molecule has 142 valence electrons. The van der Waals surface area contributed by atoms with E-state index in [1.54, 1.807) is 24.5 Å². The van der Waals surface area contributed by atoms with Crippen LogP contribution in [0.2, 0.25) is 0 Å². The van der Waals surface area contributed by atoms with Gasteiger partial charge in [0.2, 0.25) is 0 Å². The summed E-state index contributed by atoms with van der Waals surface area (Å²) in [6, 6.07) is 16.1. The first-order chi connectivity index (χ1) is 13.1. The molecule has 0 radical (unpaired) electrons. The Morgan fingerprint density at radius 3 is 2.14 bits per heavy atom. The summed E-state index contributed by atoms with van der Waals surface area (Å²) in [5.41, 5.74) is 4.01. The molecule has 0 bridgehead atoms. The molecule has 0 aliphatic rings. The van der Waals surface area contributed by atoms with Gasteiger partial charge < -0.3 is 0 Å². The van der Waals surface area contributed by atoms with Crippen LogP contribution in [0.25, 0.3) is 0 Å². The second-order valence-corrected chi connectivity index (χ2v) is 5.39. The van der Waals surface area contributed by atoms with Crippen LogP contribution in [0, 0.1) is 20.2 Å². The molecule has 0 unspecified atom stereocenters. The van der Waals surface area contributed by atoms with Crippen molar-refractivity contribution in [3.8, 4) is 0 Å². The van der Waals surface area contributed by atoms with Crippen molar-refractivity contribution in [1.29, 1.82) is 0 Å². The molecule has 2 aromatic carbocycles. The molecule has 0 spiro atoms. The summed E-state index contributed by atoms with van der Waals surface area (Å²) < 4.78 is 0. The number of nitrogens with one attached hydrogen (secondary N) is 1. The van der Waals surface area contributed by atoms with Crippen LogP contribution in [0.4, 0.5) is 17.1 Å². The van der Waals surface area contributed by atoms with Gasteiger partial charge in [0.1, 0.15) is 5.69 Å². The molecule has 3 rings (SSSR count). The van der Waals surface area contributed by atoms with Crippen molar-refractivity contribution < 1.29 is 9.85 Å². The standard InChI is InChI=1S/C18H13N5O4.ClH/c24-22(25)15-6-7-16(17(12-15)23(26)27)20-21-18(13-4-2-1-3-5-13)14-8-10-19-11-9-14;/h1-12,20H;1H. The van der Waals surface area contributed by atoms with Crippen LogP contribution in [-0.2, 0) is 0 Å². The van der Waals surface area contributed by atoms with Crippen molar-refractivity contribution in [3.05, 3.63) is 104 Å². The zero-order chi connectivity index (χ0) is 19.2. The van der Waals surface area contributed by atoms with Gasteiger partial charge in [0.05, 0.1) is 21.6 Å². The zero-order valence-electron chi connectivity index (χ0n) is 14.3. The molecule has 0 amide bonds. The Morgan fingerprint density at radius 2 is 1.54 bits per heavy atom. The molecule has 0 atom stereocenters. The van der Waals surface area contributed by atoms with Crippen LogP contribution in [-0.4, -0.2) is 20.5 Å². The number of hydrazone groups is 1. The van der Waals surface area contributed by atoms with Gasteiger partial charge in [-0.1, -0.05) is 30.3 Å². The predicted octanol–water partition coefficient (Wildman–Crippen LogP) is 4.18. The van der Waals surface area contributed by atoms with Crippen molar-refractivity contribution in [3.63, 3.8) is 0 Å². The highest BCUT2D eigenvalue weighted by Crippen LogP contribution is 2.29. The summed E-state index contributed by atoms with van der Waals surface area (Å²) in [5, 5.41) is 26.4. The van der Waals surface area contributed by atoms with Gasteiger partial charge in [0.25, 0.3) is 5.69 Å². The van der Waals surface area contributed by atoms with Gasteiger partial charge in [0.15, 0.2) is 0 Å². The quantitative estimate of drug-likeness (QED) is 0.376. The minimum Gasteiger partial charge on any atom is -0.271 e. The van der Waals surface area contributed by atoms with Crippen molar-refractivity contribution in [2.45, 2.75) is 0 Å². The number of non-ortho nitro benzene ring substituents is 1. The van der Waals surface area contributed by atoms with E-state index in [9.17, 15) is 20.2 Å². The highest BCUT2D eigenvalue weighted by Gasteiger charge is 2.19. The van der Waals surface area contributed by atoms with E-state index in [4.69, 9.17) is 0 Å². The topological polar surface area (TPSA) is 124 Å². The largest absolute Gasteiger partial charge is 0.301 e. The molecule has 0 fully saturated rings. The van der Waals surface area contributed by atoms with Gasteiger partial charge in [-0.3, -0.25) is 30.6 Å². The van der Waals surface area contributed by atoms with Gasteiger partial charge in [-0.15, -0.1) is 12.4 Å². The Morgan fingerprint density at radius 1 is 0.893 bits per heavy atom. The van der Waals surface area contributed by atoms with E-state index in [1.807, 2.05) is 30.3 Å². The summed E-state index contributed by atoms with van der Waals surface area (Å²) in [7, 11) is 0. The number of hydrogen-bond donors (Lipinski definition) is 1. The molecule has 0 aliphatic heterocycles. The highest BCUT2D eigenvalue weighted by atomic mass is 35.5. The molecule has 1 aromatic heterocycles. The van der Waals surface area contributed by atoms with Crippen LogP contribution in [0.3, 0.4) is 0 Å². The van der Waals surface area contributed by atoms with Gasteiger partial charge in [0, 0.05) is 29.6 Å². The number of benzene rings is 2. The third-order valence-electron chi connectivity index (χ3n) is 3.68. The Balaban J connectivity index is 0.00000280. The summed E-state index contributed by atoms with van der Waals surface area (Å²) >= 11 is 0. The molecule has 9 nitrogen and oxygen atoms in total. The number of halogens is 1. The molecular weight excluding hydrogens is 386 g/mol. The maximum Gasteiger partial charge on any atom is 0.301 e. The second kappa shape index (κ2) is 9.19. The van der Waals surface area contributed by atoms with Crippen molar-refractivity contribution in [2.24, 2.45) is 5.10 Å². The molecule has 28 heavy (non-hydrogen) atoms. The van der Waals surface area contributed by atoms with Gasteiger partial charge in [-0.2, -0.15) is 5.10 Å². The fourth-order valence-corrected chi connectivity index (χ4v) is 2.40. The van der Waals surface area contributed by atoms with Gasteiger partial charge in [-0.05, 0) is 18.2 Å². The maximum absolute atomic E-state index is 11.3. The van der Waals surface area contributed by atoms with E-state index < -0.39 is 15.5 Å². The van der Waals surface area contributed by atoms with Gasteiger partial charge in [-0.25, -0.2) is 0 Å². The Labute approximate surface area is 165 Å². The van der Waals surface area contributed by atoms with E-state index in [-0.39, 0.29) is 23.8 Å². The molecule has 0 saturated heterocycles. The summed E-state index contributed by atoms with van der Waals surface area (Å²) in [6.45, 7) is 0. The first-order valence-corrected chi connectivity index (χ1v) is 7.78. The Kier molecular flexibility index (Phi) is 6.72. The highest BCUT2D eigenvalue weighted by molar-refractivity contribution is 6.13. The van der Waals surface area contributed by atoms with E-state index in [0.29, 0.717) is 5.71 Å². The third-order valence-corrected chi connectivity index (χ3v) is 3.68. The molecular formula is C18H14ClN5O4. The number of hydrogen-bond acceptors (Lipinski definition) is 7. The lowest BCUT2D eigenvalue weighted by molar-refractivity contribution is -0.393. The molecule has 0 aliphatic carbocycles. The number of anilines is 1. The molecule has 1 heterocycles. The Bertz CT molecular complexity index is 971. The predicted molar refractivity (Wildman–Crippen MR) is 107 cm³/mol. The number of nitrogens with zero attached hydrogens (tertiary/aromatic N) is 4. The Hall–Kier alpha value is -3.85. The van der Waals surface area contributed by atoms with Crippen molar-refractivity contribution >= 4 is 35.2 Å². The van der Waals surface area contributed by atoms with Crippen molar-refractivity contribution in [2.75, 3.05) is 5.43 Å². The van der Waals surface area contributed by atoms with Crippen molar-refractivity contribution in [1.82, 2.24) is 4.98 Å². The number of nitro groups is 2. The molecule has 3 aromatic rings. The molecule has 10 heteroatoms. The summed E-state index contributed by atoms with van der Waals surface area (Å²) in [4.78, 5) is 24.7. The summed E-state index contributed by atoms with van der Waals surface area (Å²) in [6.07, 6.45) is 3.23. The van der Waals surface area contributed by atoms with E-state index in [1.165, 1.54) is 12.1 Å². The number of rotatable bonds is 6.